The van der Waals surface area contributed by atoms with Crippen LogP contribution in [0.25, 0.3) is 11.2 Å². The highest BCUT2D eigenvalue weighted by molar-refractivity contribution is 5.69. The van der Waals surface area contributed by atoms with Crippen LogP contribution in [0.1, 0.15) is 19.8 Å². The summed E-state index contributed by atoms with van der Waals surface area (Å²) in [4.78, 5) is 28.4. The van der Waals surface area contributed by atoms with E-state index in [1.165, 1.54) is 15.5 Å². The lowest BCUT2D eigenvalue weighted by Crippen LogP contribution is -2.39. The molecule has 0 saturated heterocycles. The van der Waals surface area contributed by atoms with Gasteiger partial charge in [-0.05, 0) is 19.8 Å². The summed E-state index contributed by atoms with van der Waals surface area (Å²) in [6.45, 7) is 1.99. The summed E-state index contributed by atoms with van der Waals surface area (Å²) in [6.07, 6.45) is 2.22. The fourth-order valence-electron chi connectivity index (χ4n) is 2.14. The molecule has 2 rings (SSSR count). The first-order valence-electron chi connectivity index (χ1n) is 6.22. The number of aliphatic hydroxyl groups is 1. The predicted octanol–water partition coefficient (Wildman–Crippen LogP) is -0.405. The fraction of sp³-hybridized carbons (Fsp3) is 0.583. The largest absolute Gasteiger partial charge is 0.393 e. The Morgan fingerprint density at radius 1 is 1.37 bits per heavy atom. The third kappa shape index (κ3) is 2.33. The van der Waals surface area contributed by atoms with Gasteiger partial charge in [0.2, 0.25) is 0 Å². The molecule has 2 aromatic rings. The van der Waals surface area contributed by atoms with Crippen LogP contribution in [0.15, 0.2) is 15.9 Å². The van der Waals surface area contributed by atoms with Crippen LogP contribution < -0.4 is 11.2 Å². The summed E-state index contributed by atoms with van der Waals surface area (Å²) in [5.41, 5.74) is 0.105. The Kier molecular flexibility index (Phi) is 3.57. The van der Waals surface area contributed by atoms with Gasteiger partial charge in [0.1, 0.15) is 0 Å². The molecule has 0 fully saturated rings. The Morgan fingerprint density at radius 3 is 2.68 bits per heavy atom. The van der Waals surface area contributed by atoms with Crippen LogP contribution >= 0.6 is 0 Å². The number of fused-ring (bicyclic) bond motifs is 1. The molecule has 0 bridgehead atoms. The van der Waals surface area contributed by atoms with Crippen molar-refractivity contribution in [3.8, 4) is 0 Å². The molecule has 2 heterocycles. The van der Waals surface area contributed by atoms with Crippen molar-refractivity contribution < 1.29 is 5.11 Å². The molecule has 7 heteroatoms. The molecule has 2 aromatic heterocycles. The normalized spacial score (nSPS) is 13.1. The Hall–Kier alpha value is -1.89. The van der Waals surface area contributed by atoms with Crippen LogP contribution in [0, 0.1) is 0 Å². The minimum Gasteiger partial charge on any atom is -0.393 e. The topological polar surface area (TPSA) is 82.1 Å². The zero-order valence-corrected chi connectivity index (χ0v) is 11.3. The second kappa shape index (κ2) is 5.00. The van der Waals surface area contributed by atoms with Crippen molar-refractivity contribution in [3.05, 3.63) is 27.2 Å². The monoisotopic (exact) mass is 266 g/mol. The maximum Gasteiger partial charge on any atom is 0.332 e. The third-order valence-corrected chi connectivity index (χ3v) is 3.20. The van der Waals surface area contributed by atoms with Gasteiger partial charge in [-0.1, -0.05) is 0 Å². The number of hydrogen-bond donors (Lipinski definition) is 1. The highest BCUT2D eigenvalue weighted by Gasteiger charge is 2.14. The molecular weight excluding hydrogens is 248 g/mol. The van der Waals surface area contributed by atoms with Gasteiger partial charge >= 0.3 is 5.69 Å². The molecule has 0 amide bonds. The van der Waals surface area contributed by atoms with E-state index in [0.717, 1.165) is 0 Å². The molecule has 0 saturated carbocycles. The molecule has 0 radical (unpaired) electrons. The fourth-order valence-corrected chi connectivity index (χ4v) is 2.14. The minimum absolute atomic E-state index is 0.303. The molecule has 19 heavy (non-hydrogen) atoms. The number of aromatic nitrogens is 4. The molecule has 7 nitrogen and oxygen atoms in total. The second-order valence-electron chi connectivity index (χ2n) is 4.82. The van der Waals surface area contributed by atoms with Gasteiger partial charge in [0.15, 0.2) is 11.2 Å². The number of hydrogen-bond acceptors (Lipinski definition) is 4. The van der Waals surface area contributed by atoms with Crippen LogP contribution in [0.3, 0.4) is 0 Å². The predicted molar refractivity (Wildman–Crippen MR) is 71.1 cm³/mol. The maximum absolute atomic E-state index is 12.3. The SMILES string of the molecule is C[C@@H](O)CCCn1c(=O)c2c(ncn2C)n(C)c1=O. The zero-order chi connectivity index (χ0) is 14.2. The molecule has 0 aliphatic carbocycles. The first-order chi connectivity index (χ1) is 8.93. The van der Waals surface area contributed by atoms with Crippen LogP contribution in [0.2, 0.25) is 0 Å². The Bertz CT molecular complexity index is 708. The number of nitrogens with zero attached hydrogens (tertiary/aromatic N) is 4. The van der Waals surface area contributed by atoms with E-state index in [1.54, 1.807) is 25.6 Å². The lowest BCUT2D eigenvalue weighted by molar-refractivity contribution is 0.179. The molecule has 0 unspecified atom stereocenters. The van der Waals surface area contributed by atoms with Crippen molar-refractivity contribution in [2.75, 3.05) is 0 Å². The van der Waals surface area contributed by atoms with Crippen molar-refractivity contribution in [1.82, 2.24) is 18.7 Å². The number of aliphatic hydroxyl groups excluding tert-OH is 1. The van der Waals surface area contributed by atoms with Crippen molar-refractivity contribution in [1.29, 1.82) is 0 Å². The van der Waals surface area contributed by atoms with E-state index in [4.69, 9.17) is 0 Å². The van der Waals surface area contributed by atoms with Gasteiger partial charge in [-0.15, -0.1) is 0 Å². The van der Waals surface area contributed by atoms with Gasteiger partial charge in [-0.2, -0.15) is 0 Å². The third-order valence-electron chi connectivity index (χ3n) is 3.20. The first kappa shape index (κ1) is 13.5. The molecule has 0 aliphatic rings. The van der Waals surface area contributed by atoms with E-state index >= 15 is 0 Å². The van der Waals surface area contributed by atoms with E-state index in [-0.39, 0.29) is 11.2 Å². The molecule has 0 spiro atoms. The van der Waals surface area contributed by atoms with Crippen LogP contribution in [-0.4, -0.2) is 29.9 Å². The summed E-state index contributed by atoms with van der Waals surface area (Å²) in [7, 11) is 3.32. The second-order valence-corrected chi connectivity index (χ2v) is 4.82. The smallest absolute Gasteiger partial charge is 0.332 e. The minimum atomic E-state index is -0.431. The summed E-state index contributed by atoms with van der Waals surface area (Å²) in [5, 5.41) is 9.22. The molecule has 1 N–H and O–H groups in total. The first-order valence-corrected chi connectivity index (χ1v) is 6.22. The summed E-state index contributed by atoms with van der Waals surface area (Å²) >= 11 is 0. The molecule has 1 atom stereocenters. The van der Waals surface area contributed by atoms with Crippen molar-refractivity contribution >= 4 is 11.2 Å². The van der Waals surface area contributed by atoms with Crippen LogP contribution in [0.4, 0.5) is 0 Å². The lowest BCUT2D eigenvalue weighted by atomic mass is 10.2. The van der Waals surface area contributed by atoms with Gasteiger partial charge in [0, 0.05) is 20.6 Å². The summed E-state index contributed by atoms with van der Waals surface area (Å²) in [6, 6.07) is 0. The zero-order valence-electron chi connectivity index (χ0n) is 11.3. The van der Waals surface area contributed by atoms with E-state index in [2.05, 4.69) is 4.98 Å². The van der Waals surface area contributed by atoms with Crippen molar-refractivity contribution in [3.63, 3.8) is 0 Å². The van der Waals surface area contributed by atoms with Crippen molar-refractivity contribution in [2.45, 2.75) is 32.4 Å². The summed E-state index contributed by atoms with van der Waals surface area (Å²) < 4.78 is 4.19. The average Bonchev–Trinajstić information content (AvgIpc) is 2.73. The van der Waals surface area contributed by atoms with E-state index in [1.807, 2.05) is 0 Å². The van der Waals surface area contributed by atoms with Gasteiger partial charge in [-0.25, -0.2) is 9.78 Å². The van der Waals surface area contributed by atoms with Gasteiger partial charge in [-0.3, -0.25) is 13.9 Å². The Balaban J connectivity index is 2.52. The highest BCUT2D eigenvalue weighted by Crippen LogP contribution is 2.03. The molecule has 0 aliphatic heterocycles. The van der Waals surface area contributed by atoms with E-state index in [9.17, 15) is 14.7 Å². The quantitative estimate of drug-likeness (QED) is 0.816. The Morgan fingerprint density at radius 2 is 2.05 bits per heavy atom. The van der Waals surface area contributed by atoms with E-state index < -0.39 is 6.10 Å². The van der Waals surface area contributed by atoms with Crippen LogP contribution in [-0.2, 0) is 20.6 Å². The molecule has 104 valence electrons. The lowest BCUT2D eigenvalue weighted by Gasteiger charge is -2.09. The van der Waals surface area contributed by atoms with Crippen LogP contribution in [0.5, 0.6) is 0 Å². The Labute approximate surface area is 109 Å². The maximum atomic E-state index is 12.3. The summed E-state index contributed by atoms with van der Waals surface area (Å²) in [5.74, 6) is 0. The van der Waals surface area contributed by atoms with Gasteiger partial charge in [0.25, 0.3) is 5.56 Å². The average molecular weight is 266 g/mol. The standard InChI is InChI=1S/C12H18N4O3/c1-8(17)5-4-6-16-11(18)9-10(13-7-14(9)2)15(3)12(16)19/h7-8,17H,4-6H2,1-3H3/t8-/m1/s1. The number of rotatable bonds is 4. The molecular formula is C12H18N4O3. The van der Waals surface area contributed by atoms with Gasteiger partial charge in [0.05, 0.1) is 12.4 Å². The molecule has 0 aromatic carbocycles. The number of imidazole rings is 1. The van der Waals surface area contributed by atoms with Gasteiger partial charge < -0.3 is 9.67 Å². The highest BCUT2D eigenvalue weighted by atomic mass is 16.3. The van der Waals surface area contributed by atoms with E-state index in [0.29, 0.717) is 30.6 Å². The van der Waals surface area contributed by atoms with Crippen molar-refractivity contribution in [2.24, 2.45) is 14.1 Å². The number of aryl methyl sites for hydroxylation is 2.